The average Bonchev–Trinajstić information content (AvgIpc) is 2.27. The van der Waals surface area contributed by atoms with Gasteiger partial charge in [0.1, 0.15) is 0 Å². The molecule has 1 aliphatic rings. The fourth-order valence-corrected chi connectivity index (χ4v) is 1.67. The van der Waals surface area contributed by atoms with E-state index in [1.54, 1.807) is 0 Å². The number of rotatable bonds is 2. The van der Waals surface area contributed by atoms with Crippen molar-refractivity contribution in [1.29, 1.82) is 0 Å². The van der Waals surface area contributed by atoms with Crippen LogP contribution in [-0.2, 0) is 13.0 Å². The molecule has 0 bridgehead atoms. The summed E-state index contributed by atoms with van der Waals surface area (Å²) in [7, 11) is 2.05. The largest absolute Gasteiger partial charge is 0.356 e. The zero-order valence-corrected chi connectivity index (χ0v) is 9.62. The minimum Gasteiger partial charge on any atom is -0.356 e. The van der Waals surface area contributed by atoms with Gasteiger partial charge in [-0.3, -0.25) is 0 Å². The van der Waals surface area contributed by atoms with Crippen LogP contribution in [0.5, 0.6) is 0 Å². The highest BCUT2D eigenvalue weighted by Gasteiger charge is 2.14. The predicted molar refractivity (Wildman–Crippen MR) is 61.0 cm³/mol. The first kappa shape index (κ1) is 10.4. The predicted octanol–water partition coefficient (Wildman–Crippen LogP) is 0.967. The lowest BCUT2D eigenvalue weighted by atomic mass is 10.1. The van der Waals surface area contributed by atoms with Crippen molar-refractivity contribution in [3.8, 4) is 0 Å². The fourth-order valence-electron chi connectivity index (χ4n) is 1.67. The summed E-state index contributed by atoms with van der Waals surface area (Å²) in [5, 5.41) is 11.9. The van der Waals surface area contributed by atoms with E-state index in [9.17, 15) is 0 Å². The molecule has 4 nitrogen and oxygen atoms in total. The van der Waals surface area contributed by atoms with Crippen LogP contribution in [0.2, 0.25) is 0 Å². The molecule has 0 fully saturated rings. The molecule has 0 amide bonds. The van der Waals surface area contributed by atoms with Gasteiger partial charge in [-0.25, -0.2) is 0 Å². The second-order valence-electron chi connectivity index (χ2n) is 4.31. The van der Waals surface area contributed by atoms with Crippen LogP contribution < -0.4 is 10.2 Å². The van der Waals surface area contributed by atoms with Crippen LogP contribution in [-0.4, -0.2) is 29.8 Å². The summed E-state index contributed by atoms with van der Waals surface area (Å²) < 4.78 is 0. The van der Waals surface area contributed by atoms with E-state index in [1.807, 2.05) is 0 Å². The van der Waals surface area contributed by atoms with Crippen LogP contribution in [0.3, 0.4) is 0 Å². The molecule has 0 aliphatic carbocycles. The minimum absolute atomic E-state index is 0.453. The molecule has 0 atom stereocenters. The van der Waals surface area contributed by atoms with Crippen molar-refractivity contribution in [3.05, 3.63) is 17.3 Å². The molecule has 1 aliphatic heterocycles. The minimum atomic E-state index is 0.453. The molecule has 2 rings (SSSR count). The van der Waals surface area contributed by atoms with E-state index in [-0.39, 0.29) is 0 Å². The molecule has 15 heavy (non-hydrogen) atoms. The standard InChI is InChI=1S/C11H18N4/c1-8(2)15(3)11-6-9-7-12-5-4-10(9)13-14-11/h6,8,12H,4-5,7H2,1-3H3. The smallest absolute Gasteiger partial charge is 0.151 e. The third-order valence-corrected chi connectivity index (χ3v) is 2.94. The number of hydrogen-bond acceptors (Lipinski definition) is 4. The maximum absolute atomic E-state index is 4.29. The summed E-state index contributed by atoms with van der Waals surface area (Å²) in [4.78, 5) is 2.14. The van der Waals surface area contributed by atoms with Gasteiger partial charge in [-0.2, -0.15) is 5.10 Å². The molecule has 0 unspecified atom stereocenters. The number of hydrogen-bond donors (Lipinski definition) is 1. The van der Waals surface area contributed by atoms with Crippen LogP contribution in [0.15, 0.2) is 6.07 Å². The summed E-state index contributed by atoms with van der Waals surface area (Å²) in [5.74, 6) is 0.965. The molecule has 2 heterocycles. The first-order valence-corrected chi connectivity index (χ1v) is 5.47. The monoisotopic (exact) mass is 206 g/mol. The summed E-state index contributed by atoms with van der Waals surface area (Å²) in [5.41, 5.74) is 2.44. The van der Waals surface area contributed by atoms with Gasteiger partial charge < -0.3 is 10.2 Å². The molecule has 0 saturated heterocycles. The topological polar surface area (TPSA) is 41.1 Å². The molecule has 0 spiro atoms. The Balaban J connectivity index is 2.27. The maximum Gasteiger partial charge on any atom is 0.151 e. The lowest BCUT2D eigenvalue weighted by Gasteiger charge is -2.24. The van der Waals surface area contributed by atoms with Crippen LogP contribution in [0.25, 0.3) is 0 Å². The van der Waals surface area contributed by atoms with Gasteiger partial charge in [0.05, 0.1) is 5.69 Å². The van der Waals surface area contributed by atoms with Crippen LogP contribution in [0, 0.1) is 0 Å². The van der Waals surface area contributed by atoms with Gasteiger partial charge in [0.15, 0.2) is 5.82 Å². The highest BCUT2D eigenvalue weighted by Crippen LogP contribution is 2.17. The number of nitrogens with one attached hydrogen (secondary N) is 1. The van der Waals surface area contributed by atoms with E-state index in [0.717, 1.165) is 31.0 Å². The van der Waals surface area contributed by atoms with Crippen LogP contribution in [0.1, 0.15) is 25.1 Å². The molecule has 4 heteroatoms. The normalized spacial score (nSPS) is 15.2. The van der Waals surface area contributed by atoms with Gasteiger partial charge in [0, 0.05) is 32.6 Å². The Bertz CT molecular complexity index is 348. The maximum atomic E-state index is 4.29. The summed E-state index contributed by atoms with van der Waals surface area (Å²) in [6, 6.07) is 2.60. The number of aromatic nitrogens is 2. The molecule has 1 N–H and O–H groups in total. The molecular weight excluding hydrogens is 188 g/mol. The highest BCUT2D eigenvalue weighted by atomic mass is 15.3. The van der Waals surface area contributed by atoms with Crippen molar-refractivity contribution in [2.75, 3.05) is 18.5 Å². The summed E-state index contributed by atoms with van der Waals surface area (Å²) >= 11 is 0. The zero-order chi connectivity index (χ0) is 10.8. The van der Waals surface area contributed by atoms with Crippen molar-refractivity contribution in [1.82, 2.24) is 15.5 Å². The summed E-state index contributed by atoms with van der Waals surface area (Å²) in [6.07, 6.45) is 0.994. The lowest BCUT2D eigenvalue weighted by molar-refractivity contribution is 0.616. The van der Waals surface area contributed by atoms with E-state index < -0.39 is 0 Å². The Morgan fingerprint density at radius 3 is 2.93 bits per heavy atom. The van der Waals surface area contributed by atoms with Gasteiger partial charge in [0.2, 0.25) is 0 Å². The number of anilines is 1. The third kappa shape index (κ3) is 2.09. The van der Waals surface area contributed by atoms with Gasteiger partial charge in [0.25, 0.3) is 0 Å². The second-order valence-corrected chi connectivity index (χ2v) is 4.31. The van der Waals surface area contributed by atoms with Crippen molar-refractivity contribution in [2.45, 2.75) is 32.9 Å². The Hall–Kier alpha value is -1.16. The molecular formula is C11H18N4. The van der Waals surface area contributed by atoms with Crippen molar-refractivity contribution < 1.29 is 0 Å². The highest BCUT2D eigenvalue weighted by molar-refractivity contribution is 5.41. The molecule has 0 aromatic carbocycles. The number of nitrogens with zero attached hydrogens (tertiary/aromatic N) is 3. The molecule has 82 valence electrons. The molecule has 1 aromatic heterocycles. The Morgan fingerprint density at radius 1 is 1.40 bits per heavy atom. The summed E-state index contributed by atoms with van der Waals surface area (Å²) in [6.45, 7) is 6.24. The van der Waals surface area contributed by atoms with Gasteiger partial charge in [-0.15, -0.1) is 5.10 Å². The SMILES string of the molecule is CC(C)N(C)c1cc2c(nn1)CCNC2. The Kier molecular flexibility index (Phi) is 2.86. The van der Waals surface area contributed by atoms with Gasteiger partial charge >= 0.3 is 0 Å². The first-order chi connectivity index (χ1) is 7.18. The Morgan fingerprint density at radius 2 is 2.20 bits per heavy atom. The second kappa shape index (κ2) is 4.14. The van der Waals surface area contributed by atoms with E-state index >= 15 is 0 Å². The van der Waals surface area contributed by atoms with Crippen LogP contribution in [0.4, 0.5) is 5.82 Å². The Labute approximate surface area is 90.7 Å². The van der Waals surface area contributed by atoms with Crippen molar-refractivity contribution in [2.24, 2.45) is 0 Å². The van der Waals surface area contributed by atoms with E-state index in [2.05, 4.69) is 47.4 Å². The quantitative estimate of drug-likeness (QED) is 0.782. The van der Waals surface area contributed by atoms with Crippen LogP contribution >= 0.6 is 0 Å². The van der Waals surface area contributed by atoms with Gasteiger partial charge in [-0.05, 0) is 25.5 Å². The molecule has 1 aromatic rings. The third-order valence-electron chi connectivity index (χ3n) is 2.94. The molecule has 0 radical (unpaired) electrons. The van der Waals surface area contributed by atoms with E-state index in [0.29, 0.717) is 6.04 Å². The number of fused-ring (bicyclic) bond motifs is 1. The van der Waals surface area contributed by atoms with Gasteiger partial charge in [-0.1, -0.05) is 0 Å². The lowest BCUT2D eigenvalue weighted by Crippen LogP contribution is -2.29. The fraction of sp³-hybridized carbons (Fsp3) is 0.636. The van der Waals surface area contributed by atoms with Crippen molar-refractivity contribution in [3.63, 3.8) is 0 Å². The zero-order valence-electron chi connectivity index (χ0n) is 9.62. The van der Waals surface area contributed by atoms with E-state index in [4.69, 9.17) is 0 Å². The van der Waals surface area contributed by atoms with Crippen molar-refractivity contribution >= 4 is 5.82 Å². The average molecular weight is 206 g/mol. The first-order valence-electron chi connectivity index (χ1n) is 5.47. The molecule has 0 saturated carbocycles. The van der Waals surface area contributed by atoms with E-state index in [1.165, 1.54) is 5.56 Å².